The highest BCUT2D eigenvalue weighted by atomic mass is 14.6. The number of nitrogens with zero attached hydrogens (tertiary/aromatic N) is 1. The highest BCUT2D eigenvalue weighted by Crippen LogP contribution is 2.46. The number of rotatable bonds is 5. The molecule has 0 saturated carbocycles. The third-order valence-electron chi connectivity index (χ3n) is 13.5. The molecule has 0 saturated heterocycles. The van der Waals surface area contributed by atoms with Crippen molar-refractivity contribution in [3.8, 4) is 44.5 Å². The lowest BCUT2D eigenvalue weighted by Gasteiger charge is -2.20. The molecular weight excluding hydrogens is 837 g/mol. The Morgan fingerprint density at radius 1 is 0.333 bits per heavy atom. The maximum absolute atomic E-state index is 8.26. The molecule has 0 fully saturated rings. The summed E-state index contributed by atoms with van der Waals surface area (Å²) in [4.78, 5) is 4.64. The fourth-order valence-electron chi connectivity index (χ4n) is 10.1. The van der Waals surface area contributed by atoms with Crippen molar-refractivity contribution in [2.24, 2.45) is 0 Å². The third kappa shape index (κ3) is 7.60. The molecule has 69 heavy (non-hydrogen) atoms. The molecule has 0 atom stereocenters. The van der Waals surface area contributed by atoms with Crippen LogP contribution in [0.5, 0.6) is 0 Å². The third-order valence-corrected chi connectivity index (χ3v) is 13.5. The predicted octanol–water partition coefficient (Wildman–Crippen LogP) is 16.9. The molecule has 0 radical (unpaired) electrons. The van der Waals surface area contributed by atoms with Crippen LogP contribution >= 0.6 is 0 Å². The van der Waals surface area contributed by atoms with Gasteiger partial charge in [0.1, 0.15) is 0 Å². The van der Waals surface area contributed by atoms with Crippen LogP contribution < -0.4 is 5.73 Å². The van der Waals surface area contributed by atoms with Crippen LogP contribution in [0.3, 0.4) is 0 Å². The predicted molar refractivity (Wildman–Crippen MR) is 294 cm³/mol. The van der Waals surface area contributed by atoms with E-state index in [1.54, 1.807) is 12.2 Å². The zero-order valence-corrected chi connectivity index (χ0v) is 37.6. The van der Waals surface area contributed by atoms with Crippen molar-refractivity contribution in [1.29, 1.82) is 10.8 Å². The van der Waals surface area contributed by atoms with Gasteiger partial charge < -0.3 is 5.73 Å². The van der Waals surface area contributed by atoms with Gasteiger partial charge in [-0.2, -0.15) is 0 Å². The van der Waals surface area contributed by atoms with Crippen LogP contribution in [0, 0.1) is 10.8 Å². The van der Waals surface area contributed by atoms with E-state index in [2.05, 4.69) is 199 Å². The van der Waals surface area contributed by atoms with Gasteiger partial charge in [0.15, 0.2) is 0 Å². The molecular formula is C65H44N4. The van der Waals surface area contributed by atoms with E-state index < -0.39 is 0 Å². The maximum atomic E-state index is 8.26. The summed E-state index contributed by atoms with van der Waals surface area (Å²) in [6.45, 7) is 0. The Balaban J connectivity index is 0.000000157. The summed E-state index contributed by atoms with van der Waals surface area (Å²) in [5.41, 5.74) is 19.6. The summed E-state index contributed by atoms with van der Waals surface area (Å²) < 4.78 is 0. The standard InChI is InChI=1S/C40H26N2.C25H18N2/c41-37-20-18-30(24-38(37)42)29-17-19-35-36(23-29)40(32-16-14-26-8-2-4-10-28(26)22-32)34-12-6-5-11-33(34)39(35)31-15-13-25-7-1-3-9-27(25)21-31;26-20-11-9-17(10-12-20)21-13-14-22(24-7-3-2-6-23(21)24)19-15-18-5-1-4-8-25(18)27-16-19/h1-24,41-42H;1-16H,26H2. The van der Waals surface area contributed by atoms with E-state index in [1.807, 2.05) is 36.5 Å². The van der Waals surface area contributed by atoms with Gasteiger partial charge in [0.25, 0.3) is 0 Å². The number of nitrogens with two attached hydrogens (primary N) is 1. The quantitative estimate of drug-likeness (QED) is 0.0914. The lowest BCUT2D eigenvalue weighted by atomic mass is 9.84. The van der Waals surface area contributed by atoms with E-state index >= 15 is 0 Å². The summed E-state index contributed by atoms with van der Waals surface area (Å²) in [5.74, 6) is 0. The molecule has 0 aliphatic heterocycles. The van der Waals surface area contributed by atoms with E-state index in [4.69, 9.17) is 16.6 Å². The number of para-hydroxylation sites is 1. The number of hydrogen-bond donors (Lipinski definition) is 3. The second kappa shape index (κ2) is 17.2. The summed E-state index contributed by atoms with van der Waals surface area (Å²) in [6, 6.07) is 77.4. The molecule has 11 aromatic carbocycles. The largest absolute Gasteiger partial charge is 0.399 e. The second-order valence-corrected chi connectivity index (χ2v) is 17.7. The first kappa shape index (κ1) is 41.2. The smallest absolute Gasteiger partial charge is 0.0795 e. The van der Waals surface area contributed by atoms with Gasteiger partial charge in [0.2, 0.25) is 0 Å². The molecule has 4 heteroatoms. The first-order valence-corrected chi connectivity index (χ1v) is 23.2. The Hall–Kier alpha value is -9.25. The summed E-state index contributed by atoms with van der Waals surface area (Å²) in [7, 11) is 0. The number of aromatic nitrogens is 1. The zero-order chi connectivity index (χ0) is 46.4. The first-order valence-electron chi connectivity index (χ1n) is 23.2. The van der Waals surface area contributed by atoms with Crippen molar-refractivity contribution in [2.45, 2.75) is 0 Å². The number of anilines is 1. The van der Waals surface area contributed by atoms with Crippen molar-refractivity contribution in [3.05, 3.63) is 248 Å². The van der Waals surface area contributed by atoms with Gasteiger partial charge in [-0.05, 0) is 159 Å². The Labute approximate surface area is 400 Å². The van der Waals surface area contributed by atoms with Crippen molar-refractivity contribution in [1.82, 2.24) is 4.98 Å². The Bertz CT molecular complexity index is 4120. The molecule has 1 aromatic heterocycles. The highest BCUT2D eigenvalue weighted by molar-refractivity contribution is 6.50. The molecule has 1 heterocycles. The van der Waals surface area contributed by atoms with Crippen molar-refractivity contribution in [3.63, 3.8) is 0 Å². The minimum atomic E-state index is 0.234. The number of hydrogen-bond acceptors (Lipinski definition) is 4. The maximum Gasteiger partial charge on any atom is 0.0795 e. The molecule has 324 valence electrons. The lowest BCUT2D eigenvalue weighted by molar-refractivity contribution is 1.41. The molecule has 0 amide bonds. The topological polar surface area (TPSA) is 86.6 Å². The lowest BCUT2D eigenvalue weighted by Crippen LogP contribution is -2.09. The van der Waals surface area contributed by atoms with Gasteiger partial charge in [0, 0.05) is 22.8 Å². The van der Waals surface area contributed by atoms with Gasteiger partial charge in [-0.25, -0.2) is 0 Å². The Morgan fingerprint density at radius 3 is 1.43 bits per heavy atom. The fraction of sp³-hybridized carbons (Fsp3) is 0. The van der Waals surface area contributed by atoms with E-state index in [0.717, 1.165) is 33.3 Å². The van der Waals surface area contributed by atoms with Crippen LogP contribution in [0.4, 0.5) is 5.69 Å². The summed E-state index contributed by atoms with van der Waals surface area (Å²) in [6.07, 6.45) is 7.42. The SMILES string of the molecule is N=C1C=CC(c2ccc3c(-c4ccc5ccccc5c4)c4ccccc4c(-c4ccc5ccccc5c4)c3c2)=CC1=N.Nc1ccc(-c2ccc(-c3cnc4ccccc4c3)c3ccccc23)cc1. The van der Waals surface area contributed by atoms with Crippen LogP contribution in [-0.4, -0.2) is 16.4 Å². The molecule has 4 N–H and O–H groups in total. The molecule has 0 bridgehead atoms. The van der Waals surface area contributed by atoms with Gasteiger partial charge >= 0.3 is 0 Å². The Morgan fingerprint density at radius 2 is 0.812 bits per heavy atom. The van der Waals surface area contributed by atoms with Crippen molar-refractivity contribution >= 4 is 87.4 Å². The number of nitrogen functional groups attached to an aromatic ring is 1. The number of allylic oxidation sites excluding steroid dienone is 4. The molecule has 1 aliphatic rings. The monoisotopic (exact) mass is 880 g/mol. The average Bonchev–Trinajstić information content (AvgIpc) is 3.40. The zero-order valence-electron chi connectivity index (χ0n) is 37.6. The number of nitrogens with one attached hydrogen (secondary N) is 2. The van der Waals surface area contributed by atoms with Crippen LogP contribution in [-0.2, 0) is 0 Å². The molecule has 13 rings (SSSR count). The second-order valence-electron chi connectivity index (χ2n) is 17.7. The number of pyridine rings is 1. The van der Waals surface area contributed by atoms with E-state index in [0.29, 0.717) is 0 Å². The van der Waals surface area contributed by atoms with E-state index in [9.17, 15) is 0 Å². The minimum absolute atomic E-state index is 0.234. The van der Waals surface area contributed by atoms with Crippen molar-refractivity contribution < 1.29 is 0 Å². The molecule has 12 aromatic rings. The fourth-order valence-corrected chi connectivity index (χ4v) is 10.1. The van der Waals surface area contributed by atoms with Gasteiger partial charge in [-0.3, -0.25) is 15.8 Å². The van der Waals surface area contributed by atoms with Crippen LogP contribution in [0.1, 0.15) is 5.56 Å². The van der Waals surface area contributed by atoms with Gasteiger partial charge in [-0.1, -0.05) is 182 Å². The number of fused-ring (bicyclic) bond motifs is 6. The summed E-state index contributed by atoms with van der Waals surface area (Å²) >= 11 is 0. The first-order chi connectivity index (χ1) is 33.9. The van der Waals surface area contributed by atoms with E-state index in [-0.39, 0.29) is 11.4 Å². The van der Waals surface area contributed by atoms with Gasteiger partial charge in [-0.15, -0.1) is 0 Å². The Kier molecular flexibility index (Phi) is 10.3. The minimum Gasteiger partial charge on any atom is -0.399 e. The normalized spacial score (nSPS) is 12.5. The van der Waals surface area contributed by atoms with Crippen LogP contribution in [0.25, 0.3) is 115 Å². The highest BCUT2D eigenvalue weighted by Gasteiger charge is 2.19. The van der Waals surface area contributed by atoms with Crippen LogP contribution in [0.15, 0.2) is 243 Å². The average molecular weight is 881 g/mol. The molecule has 1 aliphatic carbocycles. The van der Waals surface area contributed by atoms with Crippen molar-refractivity contribution in [2.75, 3.05) is 5.73 Å². The van der Waals surface area contributed by atoms with E-state index in [1.165, 1.54) is 92.8 Å². The van der Waals surface area contributed by atoms with Crippen LogP contribution in [0.2, 0.25) is 0 Å². The van der Waals surface area contributed by atoms with Gasteiger partial charge in [0.05, 0.1) is 16.9 Å². The molecule has 0 spiro atoms. The summed E-state index contributed by atoms with van der Waals surface area (Å²) in [5, 5.41) is 29.6. The molecule has 0 unspecified atom stereocenters. The molecule has 4 nitrogen and oxygen atoms in total. The number of benzene rings is 11.